The van der Waals surface area contributed by atoms with Gasteiger partial charge in [-0.2, -0.15) is 0 Å². The van der Waals surface area contributed by atoms with Gasteiger partial charge in [0.2, 0.25) is 0 Å². The van der Waals surface area contributed by atoms with E-state index >= 15 is 0 Å². The van der Waals surface area contributed by atoms with Gasteiger partial charge in [-0.1, -0.05) is 127 Å². The van der Waals surface area contributed by atoms with Crippen LogP contribution in [0.15, 0.2) is 30.3 Å². The molecule has 1 nitrogen and oxygen atoms in total. The summed E-state index contributed by atoms with van der Waals surface area (Å²) in [6, 6.07) is 11.2. The molecule has 0 unspecified atom stereocenters. The third-order valence-electron chi connectivity index (χ3n) is 8.84. The lowest BCUT2D eigenvalue weighted by Crippen LogP contribution is -2.84. The number of hydrogen-bond acceptors (Lipinski definition) is 1. The first-order valence-corrected chi connectivity index (χ1v) is 22.7. The van der Waals surface area contributed by atoms with E-state index in [0.29, 0.717) is 25.9 Å². The Bertz CT molecular complexity index is 704. The summed E-state index contributed by atoms with van der Waals surface area (Å²) in [6.07, 6.45) is 0. The molecule has 170 valence electrons. The first-order valence-electron chi connectivity index (χ1n) is 11.7. The molecule has 1 atom stereocenters. The van der Waals surface area contributed by atoms with Gasteiger partial charge in [-0.05, 0) is 25.7 Å². The SMILES string of the molecule is CC(C)(C)[Si](C)([Si]1O[C@H](c2ccccc2)[Si]1[Si](C)(C(C)(C)C)C(C)(C)C)C(C)(C)C. The van der Waals surface area contributed by atoms with Crippen LogP contribution in [-0.2, 0) is 4.43 Å². The zero-order chi connectivity index (χ0) is 23.6. The molecule has 0 saturated carbocycles. The van der Waals surface area contributed by atoms with E-state index in [1.807, 2.05) is 0 Å². The Balaban J connectivity index is 2.77. The fourth-order valence-electron chi connectivity index (χ4n) is 5.78. The van der Waals surface area contributed by atoms with Gasteiger partial charge in [-0.3, -0.25) is 0 Å². The molecule has 30 heavy (non-hydrogen) atoms. The standard InChI is InChI=1S/C25H48OSi4/c1-22(2,3)29(13,23(4,5)6)27-21(20-18-16-15-17-19-20)26-28(27)30(14,24(7,8)9)25(10,11)12/h15-19,21H,1-14H3/t21-/m0/s1. The maximum absolute atomic E-state index is 7.24. The lowest BCUT2D eigenvalue weighted by Gasteiger charge is -2.67. The van der Waals surface area contributed by atoms with E-state index in [-0.39, 0.29) is 0 Å². The van der Waals surface area contributed by atoms with E-state index in [1.165, 1.54) is 5.56 Å². The van der Waals surface area contributed by atoms with Gasteiger partial charge in [0.25, 0.3) is 0 Å². The van der Waals surface area contributed by atoms with Crippen molar-refractivity contribution in [1.82, 2.24) is 0 Å². The molecule has 1 aromatic carbocycles. The molecule has 0 aliphatic carbocycles. The Kier molecular flexibility index (Phi) is 6.86. The monoisotopic (exact) mass is 476 g/mol. The van der Waals surface area contributed by atoms with Crippen LogP contribution in [0.25, 0.3) is 0 Å². The van der Waals surface area contributed by atoms with Gasteiger partial charge in [-0.25, -0.2) is 0 Å². The average molecular weight is 477 g/mol. The maximum atomic E-state index is 7.24. The summed E-state index contributed by atoms with van der Waals surface area (Å²) in [7, 11) is -4.93. The van der Waals surface area contributed by atoms with Crippen molar-refractivity contribution in [2.24, 2.45) is 0 Å². The molecule has 1 fully saturated rings. The van der Waals surface area contributed by atoms with Crippen molar-refractivity contribution in [3.63, 3.8) is 0 Å². The van der Waals surface area contributed by atoms with Crippen LogP contribution < -0.4 is 0 Å². The summed E-state index contributed by atoms with van der Waals surface area (Å²) in [6.45, 7) is 35.9. The smallest absolute Gasteiger partial charge is 0.183 e. The number of rotatable bonds is 3. The largest absolute Gasteiger partial charge is 0.421 e. The topological polar surface area (TPSA) is 9.23 Å². The molecule has 1 aromatic rings. The van der Waals surface area contributed by atoms with Gasteiger partial charge in [0.05, 0.1) is 20.9 Å². The number of hydrogen-bond donors (Lipinski definition) is 0. The van der Waals surface area contributed by atoms with Crippen LogP contribution in [-0.4, -0.2) is 31.1 Å². The summed E-state index contributed by atoms with van der Waals surface area (Å²) in [5.41, 5.74) is 1.84. The van der Waals surface area contributed by atoms with Crippen LogP contribution in [0.4, 0.5) is 0 Å². The van der Waals surface area contributed by atoms with E-state index in [1.54, 1.807) is 0 Å². The van der Waals surface area contributed by atoms with E-state index in [4.69, 9.17) is 4.43 Å². The fraction of sp³-hybridized carbons (Fsp3) is 0.760. The molecular weight excluding hydrogens is 429 g/mol. The van der Waals surface area contributed by atoms with Gasteiger partial charge in [0.1, 0.15) is 7.83 Å². The Labute approximate surface area is 193 Å². The minimum atomic E-state index is -1.71. The molecule has 0 spiro atoms. The Morgan fingerprint density at radius 3 is 1.33 bits per heavy atom. The average Bonchev–Trinajstić information content (AvgIpc) is 2.50. The minimum Gasteiger partial charge on any atom is -0.421 e. The molecule has 2 rings (SSSR count). The fourth-order valence-corrected chi connectivity index (χ4v) is 72.0. The second-order valence-corrected chi connectivity index (χ2v) is 41.6. The van der Waals surface area contributed by atoms with Crippen molar-refractivity contribution in [2.45, 2.75) is 122 Å². The lowest BCUT2D eigenvalue weighted by atomic mass is 10.2. The summed E-state index contributed by atoms with van der Waals surface area (Å²) in [4.78, 5) is 0. The Hall–Kier alpha value is 0.0475. The van der Waals surface area contributed by atoms with Crippen LogP contribution in [0.2, 0.25) is 33.2 Å². The van der Waals surface area contributed by atoms with Crippen molar-refractivity contribution in [3.8, 4) is 0 Å². The highest BCUT2D eigenvalue weighted by Gasteiger charge is 2.72. The van der Waals surface area contributed by atoms with Gasteiger partial charge in [0, 0.05) is 0 Å². The van der Waals surface area contributed by atoms with Gasteiger partial charge < -0.3 is 4.43 Å². The molecule has 2 radical (unpaired) electrons. The van der Waals surface area contributed by atoms with Crippen molar-refractivity contribution >= 4 is 31.1 Å². The van der Waals surface area contributed by atoms with Crippen molar-refractivity contribution in [3.05, 3.63) is 35.9 Å². The number of benzene rings is 1. The molecular formula is C25H48OSi4. The third kappa shape index (κ3) is 3.95. The summed E-state index contributed by atoms with van der Waals surface area (Å²) < 4.78 is 7.24. The van der Waals surface area contributed by atoms with Gasteiger partial charge in [-0.15, -0.1) is 0 Å². The molecule has 1 aliphatic heterocycles. The second kappa shape index (κ2) is 7.82. The van der Waals surface area contributed by atoms with Gasteiger partial charge >= 0.3 is 0 Å². The highest BCUT2D eigenvalue weighted by atomic mass is 29.8. The zero-order valence-electron chi connectivity index (χ0n) is 22.4. The Morgan fingerprint density at radius 2 is 1.00 bits per heavy atom. The van der Waals surface area contributed by atoms with Crippen LogP contribution in [0.3, 0.4) is 0 Å². The van der Waals surface area contributed by atoms with Crippen LogP contribution >= 0.6 is 0 Å². The zero-order valence-corrected chi connectivity index (χ0v) is 26.4. The van der Waals surface area contributed by atoms with E-state index < -0.39 is 31.1 Å². The third-order valence-corrected chi connectivity index (χ3v) is 59.4. The molecule has 0 aromatic heterocycles. The van der Waals surface area contributed by atoms with Crippen molar-refractivity contribution in [2.75, 3.05) is 0 Å². The Morgan fingerprint density at radius 1 is 0.633 bits per heavy atom. The second-order valence-electron chi connectivity index (χ2n) is 13.9. The molecule has 0 amide bonds. The van der Waals surface area contributed by atoms with Crippen LogP contribution in [0, 0.1) is 0 Å². The highest BCUT2D eigenvalue weighted by Crippen LogP contribution is 2.62. The molecule has 0 N–H and O–H groups in total. The van der Waals surface area contributed by atoms with Crippen molar-refractivity contribution < 1.29 is 4.43 Å². The molecule has 1 saturated heterocycles. The minimum absolute atomic E-state index is 0.349. The highest BCUT2D eigenvalue weighted by molar-refractivity contribution is 7.73. The summed E-state index contributed by atoms with van der Waals surface area (Å²) in [5, 5.41) is 1.44. The molecule has 5 heteroatoms. The molecule has 1 heterocycles. The predicted octanol–water partition coefficient (Wildman–Crippen LogP) is 8.38. The normalized spacial score (nSPS) is 20.9. The van der Waals surface area contributed by atoms with E-state index in [0.717, 1.165) is 0 Å². The lowest BCUT2D eigenvalue weighted by molar-refractivity contribution is 0.269. The predicted molar refractivity (Wildman–Crippen MR) is 144 cm³/mol. The van der Waals surface area contributed by atoms with Gasteiger partial charge in [0.15, 0.2) is 8.08 Å². The van der Waals surface area contributed by atoms with E-state index in [2.05, 4.69) is 127 Å². The molecule has 0 bridgehead atoms. The maximum Gasteiger partial charge on any atom is 0.183 e. The first kappa shape index (κ1) is 26.3. The summed E-state index contributed by atoms with van der Waals surface area (Å²) >= 11 is 0. The molecule has 1 aliphatic rings. The summed E-state index contributed by atoms with van der Waals surface area (Å²) in [5.74, 6) is 0. The van der Waals surface area contributed by atoms with Crippen LogP contribution in [0.1, 0.15) is 94.4 Å². The van der Waals surface area contributed by atoms with E-state index in [9.17, 15) is 0 Å². The quantitative estimate of drug-likeness (QED) is 0.398. The van der Waals surface area contributed by atoms with Crippen LogP contribution in [0.5, 0.6) is 0 Å². The first-order chi connectivity index (χ1) is 13.2. The van der Waals surface area contributed by atoms with Crippen molar-refractivity contribution in [1.29, 1.82) is 0 Å².